The van der Waals surface area contributed by atoms with Crippen LogP contribution in [0.4, 0.5) is 0 Å². The van der Waals surface area contributed by atoms with E-state index in [2.05, 4.69) is 14.9 Å². The molecule has 1 unspecified atom stereocenters. The maximum absolute atomic E-state index is 12.7. The Morgan fingerprint density at radius 2 is 1.78 bits per heavy atom. The second kappa shape index (κ2) is 9.34. The minimum absolute atomic E-state index is 0. The van der Waals surface area contributed by atoms with E-state index in [4.69, 9.17) is 0 Å². The summed E-state index contributed by atoms with van der Waals surface area (Å²) in [4.78, 5) is 17.3. The van der Waals surface area contributed by atoms with Crippen molar-refractivity contribution in [1.29, 1.82) is 0 Å². The highest BCUT2D eigenvalue weighted by molar-refractivity contribution is 7.89. The standard InChI is InChI=1S/C18H28N4O3S.ClH/c1-14(2)20-26(24,25)17-5-3-15(4-6-17)18(23)22-10-7-16(13-22)21-11-8-19-9-12-21;/h3-6,14,16,19-20H,7-13H2,1-2H3;1H. The molecule has 1 amide bonds. The summed E-state index contributed by atoms with van der Waals surface area (Å²) in [6, 6.07) is 6.47. The fourth-order valence-electron chi connectivity index (χ4n) is 3.61. The fraction of sp³-hybridized carbons (Fsp3) is 0.611. The number of carbonyl (C=O) groups is 1. The summed E-state index contributed by atoms with van der Waals surface area (Å²) < 4.78 is 26.9. The van der Waals surface area contributed by atoms with Crippen molar-refractivity contribution < 1.29 is 13.2 Å². The predicted octanol–water partition coefficient (Wildman–Crippen LogP) is 0.915. The number of hydrogen-bond donors (Lipinski definition) is 2. The first-order chi connectivity index (χ1) is 12.4. The van der Waals surface area contributed by atoms with Crippen molar-refractivity contribution in [2.75, 3.05) is 39.3 Å². The normalized spacial score (nSPS) is 21.3. The van der Waals surface area contributed by atoms with Crippen LogP contribution in [0.3, 0.4) is 0 Å². The van der Waals surface area contributed by atoms with Crippen LogP contribution in [0.25, 0.3) is 0 Å². The molecule has 7 nitrogen and oxygen atoms in total. The van der Waals surface area contributed by atoms with Gasteiger partial charge in [-0.05, 0) is 44.5 Å². The van der Waals surface area contributed by atoms with Gasteiger partial charge in [0.2, 0.25) is 10.0 Å². The van der Waals surface area contributed by atoms with Gasteiger partial charge in [0.25, 0.3) is 5.91 Å². The zero-order valence-corrected chi connectivity index (χ0v) is 17.5. The molecule has 152 valence electrons. The molecule has 2 heterocycles. The molecule has 0 aromatic heterocycles. The molecule has 2 aliphatic rings. The van der Waals surface area contributed by atoms with Gasteiger partial charge in [0.05, 0.1) is 4.90 Å². The summed E-state index contributed by atoms with van der Waals surface area (Å²) in [5, 5.41) is 3.35. The molecule has 1 atom stereocenters. The molecule has 2 N–H and O–H groups in total. The van der Waals surface area contributed by atoms with Crippen molar-refractivity contribution in [1.82, 2.24) is 19.8 Å². The van der Waals surface area contributed by atoms with Crippen LogP contribution in [0.2, 0.25) is 0 Å². The van der Waals surface area contributed by atoms with Gasteiger partial charge in [-0.15, -0.1) is 12.4 Å². The molecule has 0 bridgehead atoms. The Labute approximate surface area is 167 Å². The third-order valence-corrected chi connectivity index (χ3v) is 6.60. The summed E-state index contributed by atoms with van der Waals surface area (Å²) in [7, 11) is -3.53. The summed E-state index contributed by atoms with van der Waals surface area (Å²) >= 11 is 0. The Balaban J connectivity index is 0.00000261. The highest BCUT2D eigenvalue weighted by atomic mass is 35.5. The smallest absolute Gasteiger partial charge is 0.253 e. The van der Waals surface area contributed by atoms with Crippen molar-refractivity contribution in [3.63, 3.8) is 0 Å². The first-order valence-electron chi connectivity index (χ1n) is 9.23. The Morgan fingerprint density at radius 3 is 2.37 bits per heavy atom. The van der Waals surface area contributed by atoms with Crippen LogP contribution in [-0.2, 0) is 10.0 Å². The maximum atomic E-state index is 12.7. The highest BCUT2D eigenvalue weighted by Crippen LogP contribution is 2.19. The molecule has 2 fully saturated rings. The molecule has 3 rings (SSSR count). The lowest BCUT2D eigenvalue weighted by Crippen LogP contribution is -2.49. The molecule has 0 radical (unpaired) electrons. The van der Waals surface area contributed by atoms with E-state index in [1.165, 1.54) is 12.1 Å². The van der Waals surface area contributed by atoms with Gasteiger partial charge in [0.15, 0.2) is 0 Å². The number of halogens is 1. The van der Waals surface area contributed by atoms with Crippen LogP contribution in [0.1, 0.15) is 30.6 Å². The van der Waals surface area contributed by atoms with Gasteiger partial charge in [0, 0.05) is 56.9 Å². The monoisotopic (exact) mass is 416 g/mol. The van der Waals surface area contributed by atoms with E-state index in [-0.39, 0.29) is 29.3 Å². The molecule has 0 spiro atoms. The number of sulfonamides is 1. The van der Waals surface area contributed by atoms with Crippen LogP contribution in [0, 0.1) is 0 Å². The molecular weight excluding hydrogens is 388 g/mol. The average molecular weight is 417 g/mol. The number of benzene rings is 1. The molecule has 0 saturated carbocycles. The van der Waals surface area contributed by atoms with Crippen LogP contribution < -0.4 is 10.0 Å². The van der Waals surface area contributed by atoms with E-state index < -0.39 is 10.0 Å². The largest absolute Gasteiger partial charge is 0.337 e. The molecule has 1 aromatic rings. The number of rotatable bonds is 5. The van der Waals surface area contributed by atoms with Crippen LogP contribution in [0.15, 0.2) is 29.2 Å². The quantitative estimate of drug-likeness (QED) is 0.745. The van der Waals surface area contributed by atoms with Crippen LogP contribution >= 0.6 is 12.4 Å². The summed E-state index contributed by atoms with van der Waals surface area (Å²) in [6.07, 6.45) is 0.997. The van der Waals surface area contributed by atoms with E-state index in [0.29, 0.717) is 11.6 Å². The van der Waals surface area contributed by atoms with Crippen LogP contribution in [-0.4, -0.2) is 75.5 Å². The third kappa shape index (κ3) is 5.42. The molecule has 0 aliphatic carbocycles. The molecule has 27 heavy (non-hydrogen) atoms. The van der Waals surface area contributed by atoms with Crippen molar-refractivity contribution in [3.05, 3.63) is 29.8 Å². The van der Waals surface area contributed by atoms with Gasteiger partial charge in [-0.2, -0.15) is 0 Å². The molecular formula is C18H29ClN4O3S. The number of nitrogens with zero attached hydrogens (tertiary/aromatic N) is 2. The van der Waals surface area contributed by atoms with Crippen molar-refractivity contribution in [2.45, 2.75) is 37.2 Å². The fourth-order valence-corrected chi connectivity index (χ4v) is 4.86. The minimum atomic E-state index is -3.53. The SMILES string of the molecule is CC(C)NS(=O)(=O)c1ccc(C(=O)N2CCC(N3CCNCC3)C2)cc1.Cl. The lowest BCUT2D eigenvalue weighted by atomic mass is 10.2. The van der Waals surface area contributed by atoms with E-state index in [1.807, 2.05) is 4.90 Å². The average Bonchev–Trinajstić information content (AvgIpc) is 3.11. The second-order valence-electron chi connectivity index (χ2n) is 7.28. The highest BCUT2D eigenvalue weighted by Gasteiger charge is 2.31. The summed E-state index contributed by atoms with van der Waals surface area (Å²) in [6.45, 7) is 9.12. The van der Waals surface area contributed by atoms with Gasteiger partial charge >= 0.3 is 0 Å². The molecule has 9 heteroatoms. The van der Waals surface area contributed by atoms with E-state index in [9.17, 15) is 13.2 Å². The van der Waals surface area contributed by atoms with Gasteiger partial charge in [-0.1, -0.05) is 0 Å². The first-order valence-corrected chi connectivity index (χ1v) is 10.7. The van der Waals surface area contributed by atoms with Crippen LogP contribution in [0.5, 0.6) is 0 Å². The van der Waals surface area contributed by atoms with Gasteiger partial charge in [-0.25, -0.2) is 13.1 Å². The van der Waals surface area contributed by atoms with Crippen molar-refractivity contribution >= 4 is 28.3 Å². The maximum Gasteiger partial charge on any atom is 0.253 e. The number of likely N-dealkylation sites (tertiary alicyclic amines) is 1. The number of amides is 1. The van der Waals surface area contributed by atoms with Crippen molar-refractivity contribution in [3.8, 4) is 0 Å². The van der Waals surface area contributed by atoms with Crippen molar-refractivity contribution in [2.24, 2.45) is 0 Å². The van der Waals surface area contributed by atoms with Gasteiger partial charge in [-0.3, -0.25) is 9.69 Å². The minimum Gasteiger partial charge on any atom is -0.337 e. The summed E-state index contributed by atoms with van der Waals surface area (Å²) in [5.74, 6) is -0.0246. The number of hydrogen-bond acceptors (Lipinski definition) is 5. The van der Waals surface area contributed by atoms with E-state index in [0.717, 1.165) is 45.7 Å². The zero-order chi connectivity index (χ0) is 18.7. The second-order valence-corrected chi connectivity index (χ2v) is 8.99. The lowest BCUT2D eigenvalue weighted by molar-refractivity contribution is 0.0773. The number of nitrogens with one attached hydrogen (secondary N) is 2. The Hall–Kier alpha value is -1.19. The first kappa shape index (κ1) is 22.1. The Kier molecular flexibility index (Phi) is 7.64. The topological polar surface area (TPSA) is 81.8 Å². The Bertz CT molecular complexity index is 733. The molecule has 2 aliphatic heterocycles. The van der Waals surface area contributed by atoms with Gasteiger partial charge in [0.1, 0.15) is 0 Å². The molecule has 1 aromatic carbocycles. The number of carbonyl (C=O) groups excluding carboxylic acids is 1. The molecule has 2 saturated heterocycles. The third-order valence-electron chi connectivity index (χ3n) is 4.92. The lowest BCUT2D eigenvalue weighted by Gasteiger charge is -2.32. The summed E-state index contributed by atoms with van der Waals surface area (Å²) in [5.41, 5.74) is 0.537. The Morgan fingerprint density at radius 1 is 1.15 bits per heavy atom. The van der Waals surface area contributed by atoms with Gasteiger partial charge < -0.3 is 10.2 Å². The zero-order valence-electron chi connectivity index (χ0n) is 15.8. The number of piperazine rings is 1. The van der Waals surface area contributed by atoms with E-state index in [1.54, 1.807) is 26.0 Å². The predicted molar refractivity (Wildman–Crippen MR) is 108 cm³/mol. The van der Waals surface area contributed by atoms with E-state index >= 15 is 0 Å².